The molecule has 0 aromatic carbocycles. The Kier molecular flexibility index (Phi) is 5.21. The summed E-state index contributed by atoms with van der Waals surface area (Å²) in [4.78, 5) is 0. The SMILES string of the molecule is CCCCS(=O)(=O)N1CCCCC1C(C)O. The van der Waals surface area contributed by atoms with Gasteiger partial charge in [-0.2, -0.15) is 4.31 Å². The third-order valence-electron chi connectivity index (χ3n) is 3.17. The first kappa shape index (κ1) is 13.9. The Morgan fingerprint density at radius 2 is 2.12 bits per heavy atom. The van der Waals surface area contributed by atoms with Crippen LogP contribution in [0.25, 0.3) is 0 Å². The number of unbranched alkanes of at least 4 members (excludes halogenated alkanes) is 1. The van der Waals surface area contributed by atoms with Crippen molar-refractivity contribution >= 4 is 10.0 Å². The zero-order chi connectivity index (χ0) is 12.2. The van der Waals surface area contributed by atoms with Crippen LogP contribution in [0.1, 0.15) is 46.0 Å². The van der Waals surface area contributed by atoms with Crippen LogP contribution < -0.4 is 0 Å². The molecule has 1 saturated heterocycles. The first-order chi connectivity index (χ1) is 7.49. The molecule has 1 aliphatic rings. The van der Waals surface area contributed by atoms with Crippen molar-refractivity contribution < 1.29 is 13.5 Å². The lowest BCUT2D eigenvalue weighted by atomic mass is 10.0. The van der Waals surface area contributed by atoms with Crippen molar-refractivity contribution in [3.63, 3.8) is 0 Å². The molecule has 1 fully saturated rings. The predicted octanol–water partition coefficient (Wildman–Crippen LogP) is 1.35. The number of aliphatic hydroxyl groups excluding tert-OH is 1. The fourth-order valence-electron chi connectivity index (χ4n) is 2.20. The van der Waals surface area contributed by atoms with Crippen molar-refractivity contribution in [2.75, 3.05) is 12.3 Å². The second kappa shape index (κ2) is 5.98. The van der Waals surface area contributed by atoms with E-state index in [9.17, 15) is 13.5 Å². The normalized spacial score (nSPS) is 25.6. The topological polar surface area (TPSA) is 57.6 Å². The van der Waals surface area contributed by atoms with Gasteiger partial charge < -0.3 is 5.11 Å². The van der Waals surface area contributed by atoms with E-state index in [-0.39, 0.29) is 11.8 Å². The van der Waals surface area contributed by atoms with E-state index < -0.39 is 16.1 Å². The molecule has 2 unspecified atom stereocenters. The van der Waals surface area contributed by atoms with E-state index in [0.717, 1.165) is 25.7 Å². The van der Waals surface area contributed by atoms with E-state index in [1.807, 2.05) is 6.92 Å². The molecule has 2 atom stereocenters. The van der Waals surface area contributed by atoms with Gasteiger partial charge in [-0.3, -0.25) is 0 Å². The molecular formula is C11H23NO3S. The maximum absolute atomic E-state index is 12.1. The van der Waals surface area contributed by atoms with Crippen LogP contribution in [0.15, 0.2) is 0 Å². The molecule has 4 nitrogen and oxygen atoms in total. The molecule has 96 valence electrons. The number of aliphatic hydroxyl groups is 1. The van der Waals surface area contributed by atoms with Gasteiger partial charge in [-0.25, -0.2) is 8.42 Å². The Hall–Kier alpha value is -0.130. The summed E-state index contributed by atoms with van der Waals surface area (Å²) in [5.41, 5.74) is 0. The highest BCUT2D eigenvalue weighted by molar-refractivity contribution is 7.89. The van der Waals surface area contributed by atoms with Crippen LogP contribution in [0.2, 0.25) is 0 Å². The largest absolute Gasteiger partial charge is 0.392 e. The van der Waals surface area contributed by atoms with Gasteiger partial charge in [-0.05, 0) is 26.2 Å². The van der Waals surface area contributed by atoms with E-state index >= 15 is 0 Å². The summed E-state index contributed by atoms with van der Waals surface area (Å²) in [6.45, 7) is 4.23. The molecule has 1 N–H and O–H groups in total. The Labute approximate surface area is 98.7 Å². The highest BCUT2D eigenvalue weighted by Crippen LogP contribution is 2.23. The van der Waals surface area contributed by atoms with Crippen molar-refractivity contribution in [1.29, 1.82) is 0 Å². The van der Waals surface area contributed by atoms with Crippen molar-refractivity contribution in [3.05, 3.63) is 0 Å². The van der Waals surface area contributed by atoms with Crippen molar-refractivity contribution in [1.82, 2.24) is 4.31 Å². The average molecular weight is 249 g/mol. The molecule has 1 rings (SSSR count). The first-order valence-electron chi connectivity index (χ1n) is 6.16. The molecule has 0 radical (unpaired) electrons. The molecule has 0 bridgehead atoms. The lowest BCUT2D eigenvalue weighted by Gasteiger charge is -2.36. The number of sulfonamides is 1. The highest BCUT2D eigenvalue weighted by atomic mass is 32.2. The van der Waals surface area contributed by atoms with Crippen LogP contribution in [0, 0.1) is 0 Å². The monoisotopic (exact) mass is 249 g/mol. The maximum atomic E-state index is 12.1. The summed E-state index contributed by atoms with van der Waals surface area (Å²) < 4.78 is 25.7. The van der Waals surface area contributed by atoms with Crippen molar-refractivity contribution in [2.45, 2.75) is 58.1 Å². The van der Waals surface area contributed by atoms with Crippen LogP contribution in [-0.4, -0.2) is 42.3 Å². The van der Waals surface area contributed by atoms with Gasteiger partial charge in [0.25, 0.3) is 0 Å². The second-order valence-corrected chi connectivity index (χ2v) is 6.63. The molecule has 5 heteroatoms. The Morgan fingerprint density at radius 3 is 2.69 bits per heavy atom. The van der Waals surface area contributed by atoms with E-state index in [0.29, 0.717) is 13.0 Å². The highest BCUT2D eigenvalue weighted by Gasteiger charge is 2.34. The summed E-state index contributed by atoms with van der Waals surface area (Å²) >= 11 is 0. The lowest BCUT2D eigenvalue weighted by Crippen LogP contribution is -2.49. The molecule has 0 aromatic rings. The Morgan fingerprint density at radius 1 is 1.44 bits per heavy atom. The minimum absolute atomic E-state index is 0.212. The zero-order valence-electron chi connectivity index (χ0n) is 10.2. The van der Waals surface area contributed by atoms with E-state index in [1.165, 1.54) is 4.31 Å². The van der Waals surface area contributed by atoms with Gasteiger partial charge in [0.2, 0.25) is 10.0 Å². The molecule has 1 aliphatic heterocycles. The van der Waals surface area contributed by atoms with Gasteiger partial charge in [0, 0.05) is 6.54 Å². The molecule has 0 spiro atoms. The molecule has 0 aliphatic carbocycles. The minimum Gasteiger partial charge on any atom is -0.392 e. The quantitative estimate of drug-likeness (QED) is 0.800. The summed E-state index contributed by atoms with van der Waals surface area (Å²) in [6, 6.07) is -0.212. The van der Waals surface area contributed by atoms with Crippen LogP contribution in [0.4, 0.5) is 0 Å². The first-order valence-corrected chi connectivity index (χ1v) is 7.77. The summed E-state index contributed by atoms with van der Waals surface area (Å²) in [7, 11) is -3.17. The van der Waals surface area contributed by atoms with Gasteiger partial charge in [0.1, 0.15) is 0 Å². The van der Waals surface area contributed by atoms with Gasteiger partial charge in [0.15, 0.2) is 0 Å². The maximum Gasteiger partial charge on any atom is 0.214 e. The molecule has 0 amide bonds. The number of hydrogen-bond donors (Lipinski definition) is 1. The van der Waals surface area contributed by atoms with Crippen LogP contribution >= 0.6 is 0 Å². The van der Waals surface area contributed by atoms with E-state index in [1.54, 1.807) is 6.92 Å². The molecule has 16 heavy (non-hydrogen) atoms. The van der Waals surface area contributed by atoms with E-state index in [2.05, 4.69) is 0 Å². The Bertz CT molecular complexity index is 300. The van der Waals surface area contributed by atoms with E-state index in [4.69, 9.17) is 0 Å². The second-order valence-electron chi connectivity index (χ2n) is 4.58. The summed E-state index contributed by atoms with van der Waals surface area (Å²) in [5.74, 6) is 0.215. The summed E-state index contributed by atoms with van der Waals surface area (Å²) in [5, 5.41) is 9.63. The lowest BCUT2D eigenvalue weighted by molar-refractivity contribution is 0.0831. The third-order valence-corrected chi connectivity index (χ3v) is 5.14. The molecule has 0 aromatic heterocycles. The third kappa shape index (κ3) is 3.43. The number of piperidine rings is 1. The Balaban J connectivity index is 2.74. The van der Waals surface area contributed by atoms with Gasteiger partial charge in [-0.15, -0.1) is 0 Å². The fraction of sp³-hybridized carbons (Fsp3) is 1.00. The van der Waals surface area contributed by atoms with Crippen molar-refractivity contribution in [2.24, 2.45) is 0 Å². The van der Waals surface area contributed by atoms with Gasteiger partial charge >= 0.3 is 0 Å². The van der Waals surface area contributed by atoms with Crippen LogP contribution in [-0.2, 0) is 10.0 Å². The fourth-order valence-corrected chi connectivity index (χ4v) is 4.19. The van der Waals surface area contributed by atoms with Crippen LogP contribution in [0.3, 0.4) is 0 Å². The minimum atomic E-state index is -3.17. The number of hydrogen-bond acceptors (Lipinski definition) is 3. The zero-order valence-corrected chi connectivity index (χ0v) is 11.0. The summed E-state index contributed by atoms with van der Waals surface area (Å²) in [6.07, 6.45) is 3.71. The predicted molar refractivity (Wildman–Crippen MR) is 64.7 cm³/mol. The smallest absolute Gasteiger partial charge is 0.214 e. The van der Waals surface area contributed by atoms with Gasteiger partial charge in [0.05, 0.1) is 17.9 Å². The standard InChI is InChI=1S/C11H23NO3S/c1-3-4-9-16(14,15)12-8-6-5-7-11(12)10(2)13/h10-11,13H,3-9H2,1-2H3. The number of rotatable bonds is 5. The molecule has 0 saturated carbocycles. The van der Waals surface area contributed by atoms with Gasteiger partial charge in [-0.1, -0.05) is 19.8 Å². The van der Waals surface area contributed by atoms with Crippen molar-refractivity contribution in [3.8, 4) is 0 Å². The van der Waals surface area contributed by atoms with Crippen LogP contribution in [0.5, 0.6) is 0 Å². The average Bonchev–Trinajstić information content (AvgIpc) is 2.26. The molecular weight excluding hydrogens is 226 g/mol. The molecule has 1 heterocycles. The number of nitrogens with zero attached hydrogens (tertiary/aromatic N) is 1.